The molecule has 2 fully saturated rings. The van der Waals surface area contributed by atoms with Gasteiger partial charge in [-0.3, -0.25) is 0 Å². The second-order valence-electron chi connectivity index (χ2n) is 7.34. The molecule has 0 radical (unpaired) electrons. The zero-order chi connectivity index (χ0) is 16.2. The average molecular weight is 314 g/mol. The topological polar surface area (TPSA) is 60.0 Å². The van der Waals surface area contributed by atoms with Gasteiger partial charge in [0.25, 0.3) is 0 Å². The molecule has 0 aromatic carbocycles. The highest BCUT2D eigenvalue weighted by Crippen LogP contribution is 2.22. The number of carbonyl (C=O) groups is 1. The molecule has 1 amide bonds. The summed E-state index contributed by atoms with van der Waals surface area (Å²) in [5, 5.41) is 3.55. The van der Waals surface area contributed by atoms with E-state index in [-0.39, 0.29) is 17.7 Å². The first kappa shape index (κ1) is 17.5. The Kier molecular flexibility index (Phi) is 5.69. The van der Waals surface area contributed by atoms with Gasteiger partial charge in [0.05, 0.1) is 6.61 Å². The van der Waals surface area contributed by atoms with Crippen molar-refractivity contribution >= 4 is 6.09 Å². The van der Waals surface area contributed by atoms with Crippen LogP contribution in [0.3, 0.4) is 0 Å². The minimum Gasteiger partial charge on any atom is -0.444 e. The Morgan fingerprint density at radius 1 is 1.45 bits per heavy atom. The first-order chi connectivity index (χ1) is 10.3. The first-order valence-corrected chi connectivity index (χ1v) is 8.18. The van der Waals surface area contributed by atoms with Gasteiger partial charge in [0.2, 0.25) is 0 Å². The smallest absolute Gasteiger partial charge is 0.410 e. The summed E-state index contributed by atoms with van der Waals surface area (Å²) in [4.78, 5) is 14.0. The quantitative estimate of drug-likeness (QED) is 0.857. The number of piperidine rings is 1. The second-order valence-corrected chi connectivity index (χ2v) is 7.34. The van der Waals surface area contributed by atoms with E-state index in [1.165, 1.54) is 0 Å². The molecule has 0 aromatic heterocycles. The van der Waals surface area contributed by atoms with Crippen LogP contribution in [0.1, 0.15) is 40.0 Å². The zero-order valence-electron chi connectivity index (χ0n) is 14.3. The number of nitrogens with one attached hydrogen (secondary N) is 1. The minimum atomic E-state index is -0.446. The van der Waals surface area contributed by atoms with Crippen LogP contribution in [0.25, 0.3) is 0 Å². The van der Waals surface area contributed by atoms with Crippen LogP contribution in [0.2, 0.25) is 0 Å². The van der Waals surface area contributed by atoms with Crippen LogP contribution >= 0.6 is 0 Å². The SMILES string of the molecule is COC1(CNC2CCCN(C(=O)OC(C)(C)C)C2)CCOC1. The number of ether oxygens (including phenoxy) is 3. The van der Waals surface area contributed by atoms with E-state index in [2.05, 4.69) is 5.32 Å². The molecule has 2 aliphatic heterocycles. The predicted molar refractivity (Wildman–Crippen MR) is 84.0 cm³/mol. The molecule has 0 aliphatic carbocycles. The van der Waals surface area contributed by atoms with Crippen molar-refractivity contribution in [3.05, 3.63) is 0 Å². The lowest BCUT2D eigenvalue weighted by molar-refractivity contribution is -0.0199. The molecule has 128 valence electrons. The van der Waals surface area contributed by atoms with E-state index in [1.807, 2.05) is 20.8 Å². The van der Waals surface area contributed by atoms with Gasteiger partial charge in [-0.25, -0.2) is 4.79 Å². The number of hydrogen-bond acceptors (Lipinski definition) is 5. The molecule has 0 aromatic rings. The fourth-order valence-electron chi connectivity index (χ4n) is 2.93. The molecule has 0 spiro atoms. The van der Waals surface area contributed by atoms with E-state index in [1.54, 1.807) is 12.0 Å². The molecule has 1 N–H and O–H groups in total. The lowest BCUT2D eigenvalue weighted by Gasteiger charge is -2.36. The third-order valence-electron chi connectivity index (χ3n) is 4.29. The molecule has 0 saturated carbocycles. The Labute approximate surface area is 133 Å². The first-order valence-electron chi connectivity index (χ1n) is 8.18. The fraction of sp³-hybridized carbons (Fsp3) is 0.938. The number of rotatable bonds is 4. The Balaban J connectivity index is 1.81. The van der Waals surface area contributed by atoms with Gasteiger partial charge in [-0.2, -0.15) is 0 Å². The number of amides is 1. The van der Waals surface area contributed by atoms with Crippen molar-refractivity contribution in [3.63, 3.8) is 0 Å². The Morgan fingerprint density at radius 2 is 2.23 bits per heavy atom. The predicted octanol–water partition coefficient (Wildman–Crippen LogP) is 1.78. The molecular formula is C16H30N2O4. The highest BCUT2D eigenvalue weighted by molar-refractivity contribution is 5.68. The van der Waals surface area contributed by atoms with Crippen LogP contribution in [0.4, 0.5) is 4.79 Å². The van der Waals surface area contributed by atoms with Crippen LogP contribution in [-0.2, 0) is 14.2 Å². The maximum absolute atomic E-state index is 12.2. The number of nitrogens with zero attached hydrogens (tertiary/aromatic N) is 1. The summed E-state index contributed by atoms with van der Waals surface area (Å²) in [5.41, 5.74) is -0.660. The molecule has 2 aliphatic rings. The summed E-state index contributed by atoms with van der Waals surface area (Å²) in [6, 6.07) is 0.286. The molecule has 2 rings (SSSR count). The van der Waals surface area contributed by atoms with E-state index in [0.29, 0.717) is 13.2 Å². The van der Waals surface area contributed by atoms with E-state index < -0.39 is 5.60 Å². The van der Waals surface area contributed by atoms with Gasteiger partial charge in [0.1, 0.15) is 11.2 Å². The number of hydrogen-bond donors (Lipinski definition) is 1. The van der Waals surface area contributed by atoms with Crippen molar-refractivity contribution in [1.82, 2.24) is 10.2 Å². The van der Waals surface area contributed by atoms with Crippen LogP contribution in [0.15, 0.2) is 0 Å². The number of carbonyl (C=O) groups excluding carboxylic acids is 1. The Bertz CT molecular complexity index is 375. The van der Waals surface area contributed by atoms with Gasteiger partial charge in [-0.15, -0.1) is 0 Å². The van der Waals surface area contributed by atoms with Gasteiger partial charge in [-0.1, -0.05) is 0 Å². The van der Waals surface area contributed by atoms with Gasteiger partial charge in [0.15, 0.2) is 0 Å². The monoisotopic (exact) mass is 314 g/mol. The lowest BCUT2D eigenvalue weighted by atomic mass is 10.0. The van der Waals surface area contributed by atoms with Crippen molar-refractivity contribution in [1.29, 1.82) is 0 Å². The molecule has 2 unspecified atom stereocenters. The number of methoxy groups -OCH3 is 1. The van der Waals surface area contributed by atoms with Gasteiger partial charge in [-0.05, 0) is 33.6 Å². The molecule has 22 heavy (non-hydrogen) atoms. The third-order valence-corrected chi connectivity index (χ3v) is 4.29. The van der Waals surface area contributed by atoms with Gasteiger partial charge in [0, 0.05) is 45.8 Å². The summed E-state index contributed by atoms with van der Waals surface area (Å²) >= 11 is 0. The summed E-state index contributed by atoms with van der Waals surface area (Å²) in [5.74, 6) is 0. The molecule has 0 bridgehead atoms. The molecular weight excluding hydrogens is 284 g/mol. The van der Waals surface area contributed by atoms with E-state index in [0.717, 1.165) is 39.0 Å². The van der Waals surface area contributed by atoms with Crippen LogP contribution in [0, 0.1) is 0 Å². The highest BCUT2D eigenvalue weighted by Gasteiger charge is 2.36. The highest BCUT2D eigenvalue weighted by atomic mass is 16.6. The summed E-state index contributed by atoms with van der Waals surface area (Å²) in [6.07, 6.45) is 2.76. The molecule has 2 heterocycles. The van der Waals surface area contributed by atoms with Crippen molar-refractivity contribution in [2.75, 3.05) is 40.0 Å². The standard InChI is InChI=1S/C16H30N2O4/c1-15(2,3)22-14(19)18-8-5-6-13(10-18)17-11-16(20-4)7-9-21-12-16/h13,17H,5-12H2,1-4H3. The average Bonchev–Trinajstić information content (AvgIpc) is 2.93. The van der Waals surface area contributed by atoms with Gasteiger partial charge < -0.3 is 24.4 Å². The minimum absolute atomic E-state index is 0.214. The van der Waals surface area contributed by atoms with Crippen molar-refractivity contribution in [2.24, 2.45) is 0 Å². The maximum atomic E-state index is 12.2. The van der Waals surface area contributed by atoms with Crippen LogP contribution in [-0.4, -0.2) is 68.2 Å². The van der Waals surface area contributed by atoms with Crippen molar-refractivity contribution in [2.45, 2.75) is 57.3 Å². The van der Waals surface area contributed by atoms with Gasteiger partial charge >= 0.3 is 6.09 Å². The Hall–Kier alpha value is -0.850. The zero-order valence-corrected chi connectivity index (χ0v) is 14.3. The van der Waals surface area contributed by atoms with Crippen LogP contribution in [0.5, 0.6) is 0 Å². The molecule has 6 heteroatoms. The number of likely N-dealkylation sites (tertiary alicyclic amines) is 1. The summed E-state index contributed by atoms with van der Waals surface area (Å²) < 4.78 is 16.6. The summed E-state index contributed by atoms with van der Waals surface area (Å²) in [7, 11) is 1.74. The van der Waals surface area contributed by atoms with Crippen molar-refractivity contribution < 1.29 is 19.0 Å². The molecule has 6 nitrogen and oxygen atoms in total. The normalized spacial score (nSPS) is 29.6. The summed E-state index contributed by atoms with van der Waals surface area (Å²) in [6.45, 7) is 9.30. The fourth-order valence-corrected chi connectivity index (χ4v) is 2.93. The lowest BCUT2D eigenvalue weighted by Crippen LogP contribution is -2.53. The molecule has 2 saturated heterocycles. The Morgan fingerprint density at radius 3 is 2.82 bits per heavy atom. The van der Waals surface area contributed by atoms with E-state index >= 15 is 0 Å². The second kappa shape index (κ2) is 7.15. The van der Waals surface area contributed by atoms with E-state index in [9.17, 15) is 4.79 Å². The third kappa shape index (κ3) is 4.83. The molecule has 2 atom stereocenters. The largest absolute Gasteiger partial charge is 0.444 e. The maximum Gasteiger partial charge on any atom is 0.410 e. The van der Waals surface area contributed by atoms with E-state index in [4.69, 9.17) is 14.2 Å². The van der Waals surface area contributed by atoms with Crippen molar-refractivity contribution in [3.8, 4) is 0 Å². The van der Waals surface area contributed by atoms with Crippen LogP contribution < -0.4 is 5.32 Å².